The number of nitrogens with zero attached hydrogens (tertiary/aromatic N) is 1. The highest BCUT2D eigenvalue weighted by molar-refractivity contribution is 5.85. The third kappa shape index (κ3) is 3.57. The van der Waals surface area contributed by atoms with Crippen molar-refractivity contribution in [3.05, 3.63) is 0 Å². The van der Waals surface area contributed by atoms with E-state index in [4.69, 9.17) is 4.74 Å². The van der Waals surface area contributed by atoms with Gasteiger partial charge in [-0.25, -0.2) is 0 Å². The zero-order chi connectivity index (χ0) is 11.8. The molecule has 2 atom stereocenters. The highest BCUT2D eigenvalue weighted by Crippen LogP contribution is 2.27. The van der Waals surface area contributed by atoms with Crippen molar-refractivity contribution in [2.45, 2.75) is 58.8 Å². The first-order valence-corrected chi connectivity index (χ1v) is 6.60. The molecule has 102 valence electrons. The Morgan fingerprint density at radius 3 is 2.59 bits per heavy atom. The first kappa shape index (κ1) is 15.2. The van der Waals surface area contributed by atoms with Crippen molar-refractivity contribution in [3.63, 3.8) is 0 Å². The van der Waals surface area contributed by atoms with E-state index in [0.29, 0.717) is 12.1 Å². The summed E-state index contributed by atoms with van der Waals surface area (Å²) in [5.74, 6) is 0. The maximum Gasteiger partial charge on any atom is 0.123 e. The van der Waals surface area contributed by atoms with E-state index in [-0.39, 0.29) is 24.0 Å². The van der Waals surface area contributed by atoms with E-state index in [1.165, 1.54) is 19.4 Å². The summed E-state index contributed by atoms with van der Waals surface area (Å²) in [6.45, 7) is 12.3. The Hall–Kier alpha value is 0.170. The van der Waals surface area contributed by atoms with Crippen LogP contribution in [0.15, 0.2) is 0 Å². The van der Waals surface area contributed by atoms with Crippen LogP contribution in [-0.2, 0) is 4.74 Å². The van der Waals surface area contributed by atoms with Crippen LogP contribution in [0.5, 0.6) is 0 Å². The summed E-state index contributed by atoms with van der Waals surface area (Å²) in [6.07, 6.45) is 2.84. The summed E-state index contributed by atoms with van der Waals surface area (Å²) >= 11 is 0. The summed E-state index contributed by atoms with van der Waals surface area (Å²) in [4.78, 5) is 2.58. The van der Waals surface area contributed by atoms with E-state index >= 15 is 0 Å². The van der Waals surface area contributed by atoms with Gasteiger partial charge < -0.3 is 4.74 Å². The lowest BCUT2D eigenvalue weighted by Gasteiger charge is -2.41. The standard InChI is InChI=1S/C13H26N2O.ClH/c1-10(2)15-7-5-6-11(15)12-14-8-13(3,4)9-16-12;/h10-12,14H,5-9H2,1-4H3;1H. The van der Waals surface area contributed by atoms with E-state index < -0.39 is 0 Å². The lowest BCUT2D eigenvalue weighted by molar-refractivity contribution is -0.0929. The zero-order valence-corrected chi connectivity index (χ0v) is 12.3. The molecule has 0 aromatic carbocycles. The van der Waals surface area contributed by atoms with Gasteiger partial charge in [0.2, 0.25) is 0 Å². The number of likely N-dealkylation sites (tertiary alicyclic amines) is 1. The summed E-state index contributed by atoms with van der Waals surface area (Å²) in [5, 5.41) is 3.57. The molecule has 2 heterocycles. The van der Waals surface area contributed by atoms with Crippen LogP contribution in [0.25, 0.3) is 0 Å². The smallest absolute Gasteiger partial charge is 0.123 e. The maximum atomic E-state index is 6.00. The van der Waals surface area contributed by atoms with Crippen molar-refractivity contribution in [2.75, 3.05) is 19.7 Å². The SMILES string of the molecule is CC(C)N1CCCC1C1NCC(C)(C)CO1.Cl. The Balaban J connectivity index is 0.00000144. The van der Waals surface area contributed by atoms with E-state index in [2.05, 4.69) is 37.9 Å². The van der Waals surface area contributed by atoms with Crippen LogP contribution in [0, 0.1) is 5.41 Å². The summed E-state index contributed by atoms with van der Waals surface area (Å²) in [7, 11) is 0. The van der Waals surface area contributed by atoms with Crippen molar-refractivity contribution < 1.29 is 4.74 Å². The summed E-state index contributed by atoms with van der Waals surface area (Å²) in [6, 6.07) is 1.21. The molecule has 0 aromatic rings. The zero-order valence-electron chi connectivity index (χ0n) is 11.5. The number of ether oxygens (including phenoxy) is 1. The second kappa shape index (κ2) is 5.87. The minimum atomic E-state index is 0. The van der Waals surface area contributed by atoms with Gasteiger partial charge in [0.25, 0.3) is 0 Å². The first-order valence-electron chi connectivity index (χ1n) is 6.60. The molecule has 2 saturated heterocycles. The van der Waals surface area contributed by atoms with Gasteiger partial charge in [-0.1, -0.05) is 13.8 Å². The van der Waals surface area contributed by atoms with Gasteiger partial charge in [-0.2, -0.15) is 0 Å². The van der Waals surface area contributed by atoms with Crippen LogP contribution in [0.2, 0.25) is 0 Å². The van der Waals surface area contributed by atoms with Crippen molar-refractivity contribution in [3.8, 4) is 0 Å². The number of hydrogen-bond donors (Lipinski definition) is 1. The van der Waals surface area contributed by atoms with E-state index in [1.807, 2.05) is 0 Å². The maximum absolute atomic E-state index is 6.00. The Bertz CT molecular complexity index is 236. The molecule has 0 amide bonds. The predicted molar refractivity (Wildman–Crippen MR) is 73.6 cm³/mol. The van der Waals surface area contributed by atoms with Crippen molar-refractivity contribution >= 4 is 12.4 Å². The lowest BCUT2D eigenvalue weighted by atomic mass is 9.93. The van der Waals surface area contributed by atoms with Gasteiger partial charge in [0.1, 0.15) is 6.23 Å². The molecule has 0 bridgehead atoms. The van der Waals surface area contributed by atoms with Crippen LogP contribution in [0.3, 0.4) is 0 Å². The van der Waals surface area contributed by atoms with Gasteiger partial charge in [-0.05, 0) is 33.2 Å². The largest absolute Gasteiger partial charge is 0.361 e. The molecule has 2 aliphatic heterocycles. The van der Waals surface area contributed by atoms with E-state index in [1.54, 1.807) is 0 Å². The molecule has 2 rings (SSSR count). The van der Waals surface area contributed by atoms with Crippen LogP contribution in [0.4, 0.5) is 0 Å². The topological polar surface area (TPSA) is 24.5 Å². The Labute approximate surface area is 112 Å². The van der Waals surface area contributed by atoms with Gasteiger partial charge in [0.05, 0.1) is 6.61 Å². The molecule has 2 aliphatic rings. The Morgan fingerprint density at radius 1 is 1.35 bits per heavy atom. The fourth-order valence-corrected chi connectivity index (χ4v) is 2.83. The lowest BCUT2D eigenvalue weighted by Crippen LogP contribution is -2.57. The molecule has 4 heteroatoms. The summed E-state index contributed by atoms with van der Waals surface area (Å²) in [5.41, 5.74) is 0.289. The van der Waals surface area contributed by atoms with E-state index in [0.717, 1.165) is 13.2 Å². The van der Waals surface area contributed by atoms with Gasteiger partial charge in [0.15, 0.2) is 0 Å². The van der Waals surface area contributed by atoms with Crippen LogP contribution in [0.1, 0.15) is 40.5 Å². The predicted octanol–water partition coefficient (Wildman–Crippen LogP) is 2.25. The number of rotatable bonds is 2. The van der Waals surface area contributed by atoms with Crippen molar-refractivity contribution in [1.82, 2.24) is 10.2 Å². The quantitative estimate of drug-likeness (QED) is 0.826. The molecule has 1 N–H and O–H groups in total. The molecule has 0 aromatic heterocycles. The highest BCUT2D eigenvalue weighted by Gasteiger charge is 2.37. The Morgan fingerprint density at radius 2 is 2.06 bits per heavy atom. The average molecular weight is 263 g/mol. The molecule has 0 aliphatic carbocycles. The number of hydrogen-bond acceptors (Lipinski definition) is 3. The van der Waals surface area contributed by atoms with E-state index in [9.17, 15) is 0 Å². The van der Waals surface area contributed by atoms with Crippen LogP contribution in [-0.4, -0.2) is 42.9 Å². The third-order valence-corrected chi connectivity index (χ3v) is 3.79. The number of halogens is 1. The highest BCUT2D eigenvalue weighted by atomic mass is 35.5. The molecular formula is C13H27ClN2O. The Kier molecular flexibility index (Phi) is 5.26. The minimum absolute atomic E-state index is 0. The molecular weight excluding hydrogens is 236 g/mol. The van der Waals surface area contributed by atoms with Crippen LogP contribution >= 0.6 is 12.4 Å². The van der Waals surface area contributed by atoms with Gasteiger partial charge >= 0.3 is 0 Å². The second-order valence-corrected chi connectivity index (χ2v) is 6.32. The molecule has 0 spiro atoms. The van der Waals surface area contributed by atoms with Crippen LogP contribution < -0.4 is 5.32 Å². The molecule has 17 heavy (non-hydrogen) atoms. The minimum Gasteiger partial charge on any atom is -0.361 e. The molecule has 0 saturated carbocycles. The normalized spacial score (nSPS) is 33.7. The van der Waals surface area contributed by atoms with Gasteiger partial charge in [0, 0.05) is 24.0 Å². The molecule has 0 radical (unpaired) electrons. The molecule has 2 unspecified atom stereocenters. The first-order chi connectivity index (χ1) is 7.49. The van der Waals surface area contributed by atoms with Crippen molar-refractivity contribution in [2.24, 2.45) is 5.41 Å². The van der Waals surface area contributed by atoms with Gasteiger partial charge in [-0.15, -0.1) is 12.4 Å². The monoisotopic (exact) mass is 262 g/mol. The van der Waals surface area contributed by atoms with Gasteiger partial charge in [-0.3, -0.25) is 10.2 Å². The molecule has 3 nitrogen and oxygen atoms in total. The second-order valence-electron chi connectivity index (χ2n) is 6.32. The third-order valence-electron chi connectivity index (χ3n) is 3.79. The number of nitrogens with one attached hydrogen (secondary N) is 1. The molecule has 2 fully saturated rings. The fraction of sp³-hybridized carbons (Fsp3) is 1.00. The average Bonchev–Trinajstić information content (AvgIpc) is 2.66. The van der Waals surface area contributed by atoms with Crippen molar-refractivity contribution in [1.29, 1.82) is 0 Å². The fourth-order valence-electron chi connectivity index (χ4n) is 2.83. The summed E-state index contributed by atoms with van der Waals surface area (Å²) < 4.78 is 6.00.